The van der Waals surface area contributed by atoms with Crippen molar-refractivity contribution < 1.29 is 9.22 Å². The van der Waals surface area contributed by atoms with Crippen molar-refractivity contribution in [2.24, 2.45) is 17.8 Å². The van der Waals surface area contributed by atoms with Gasteiger partial charge in [-0.2, -0.15) is 0 Å². The Bertz CT molecular complexity index is 265. The topological polar surface area (TPSA) is 26.3 Å². The zero-order chi connectivity index (χ0) is 14.2. The summed E-state index contributed by atoms with van der Waals surface area (Å²) in [7, 11) is -0.603. The van der Waals surface area contributed by atoms with Crippen LogP contribution in [0.1, 0.15) is 77.6 Å². The predicted octanol–water partition coefficient (Wildman–Crippen LogP) is 4.22. The third kappa shape index (κ3) is 4.91. The maximum Gasteiger partial charge on any atom is 0.292 e. The van der Waals surface area contributed by atoms with Crippen LogP contribution in [0.5, 0.6) is 0 Å². The Morgan fingerprint density at radius 1 is 1.10 bits per heavy atom. The van der Waals surface area contributed by atoms with Crippen LogP contribution in [-0.2, 0) is 9.22 Å². The summed E-state index contributed by atoms with van der Waals surface area (Å²) in [6.45, 7) is 2.04. The van der Waals surface area contributed by atoms with Crippen LogP contribution in [0.2, 0.25) is 6.04 Å². The van der Waals surface area contributed by atoms with Gasteiger partial charge in [-0.15, -0.1) is 0 Å². The van der Waals surface area contributed by atoms with E-state index < -0.39 is 9.76 Å². The summed E-state index contributed by atoms with van der Waals surface area (Å²) in [6, 6.07) is 1.22. The first-order valence-electron chi connectivity index (χ1n) is 8.97. The largest absolute Gasteiger partial charge is 0.525 e. The van der Waals surface area contributed by atoms with Crippen LogP contribution < -0.4 is 0 Å². The normalized spacial score (nSPS) is 21.5. The first-order valence-corrected chi connectivity index (χ1v) is 10.5. The SMILES string of the molecule is CCCC(=O)O[SiH2]CCC(C1CCCC1)C1CCCC1. The van der Waals surface area contributed by atoms with Crippen LogP contribution in [0.3, 0.4) is 0 Å². The molecule has 0 amide bonds. The number of carbonyl (C=O) groups is 1. The van der Waals surface area contributed by atoms with E-state index in [-0.39, 0.29) is 5.97 Å². The Hall–Kier alpha value is -0.313. The highest BCUT2D eigenvalue weighted by molar-refractivity contribution is 6.30. The van der Waals surface area contributed by atoms with Crippen molar-refractivity contribution in [2.75, 3.05) is 0 Å². The third-order valence-corrected chi connectivity index (χ3v) is 6.63. The summed E-state index contributed by atoms with van der Waals surface area (Å²) in [4.78, 5) is 11.4. The highest BCUT2D eigenvalue weighted by Crippen LogP contribution is 2.43. The molecule has 0 aromatic carbocycles. The molecule has 0 aromatic heterocycles. The molecule has 2 fully saturated rings. The molecular formula is C17H32O2Si. The van der Waals surface area contributed by atoms with Crippen LogP contribution in [0.4, 0.5) is 0 Å². The summed E-state index contributed by atoms with van der Waals surface area (Å²) < 4.78 is 5.46. The van der Waals surface area contributed by atoms with E-state index in [0.29, 0.717) is 6.42 Å². The number of hydrogen-bond acceptors (Lipinski definition) is 2. The Balaban J connectivity index is 1.71. The Kier molecular flexibility index (Phi) is 7.12. The van der Waals surface area contributed by atoms with Crippen molar-refractivity contribution in [2.45, 2.75) is 83.6 Å². The maximum absolute atomic E-state index is 11.4. The first kappa shape index (κ1) is 16.1. The molecule has 116 valence electrons. The molecular weight excluding hydrogens is 264 g/mol. The van der Waals surface area contributed by atoms with Crippen LogP contribution in [0.15, 0.2) is 0 Å². The lowest BCUT2D eigenvalue weighted by Crippen LogP contribution is -2.21. The van der Waals surface area contributed by atoms with Gasteiger partial charge in [-0.25, -0.2) is 0 Å². The van der Waals surface area contributed by atoms with Crippen LogP contribution in [-0.4, -0.2) is 15.7 Å². The van der Waals surface area contributed by atoms with Crippen molar-refractivity contribution in [1.29, 1.82) is 0 Å². The minimum atomic E-state index is -0.603. The number of carbonyl (C=O) groups excluding carboxylic acids is 1. The fourth-order valence-corrected chi connectivity index (χ4v) is 5.56. The van der Waals surface area contributed by atoms with E-state index >= 15 is 0 Å². The summed E-state index contributed by atoms with van der Waals surface area (Å²) in [6.07, 6.45) is 14.6. The standard InChI is InChI=1S/C17H32O2Si/c1-2-7-17(18)19-20-13-12-16(14-8-3-4-9-14)15-10-5-6-11-15/h14-16H,2-13,20H2,1H3. The average molecular weight is 297 g/mol. The molecule has 0 radical (unpaired) electrons. The molecule has 0 N–H and O–H groups in total. The van der Waals surface area contributed by atoms with E-state index in [1.165, 1.54) is 63.8 Å². The summed E-state index contributed by atoms with van der Waals surface area (Å²) in [5, 5.41) is 0. The molecule has 0 saturated heterocycles. The molecule has 2 nitrogen and oxygen atoms in total. The second kappa shape index (κ2) is 8.86. The molecule has 0 atom stereocenters. The van der Waals surface area contributed by atoms with E-state index in [1.807, 2.05) is 6.92 Å². The summed E-state index contributed by atoms with van der Waals surface area (Å²) >= 11 is 0. The molecule has 0 aliphatic heterocycles. The van der Waals surface area contributed by atoms with Gasteiger partial charge in [0.15, 0.2) is 0 Å². The van der Waals surface area contributed by atoms with Gasteiger partial charge in [-0.1, -0.05) is 58.3 Å². The van der Waals surface area contributed by atoms with E-state index in [2.05, 4.69) is 0 Å². The second-order valence-corrected chi connectivity index (χ2v) is 8.27. The molecule has 3 heteroatoms. The zero-order valence-corrected chi connectivity index (χ0v) is 14.7. The quantitative estimate of drug-likeness (QED) is 0.495. The molecule has 0 spiro atoms. The zero-order valence-electron chi connectivity index (χ0n) is 13.2. The van der Waals surface area contributed by atoms with Gasteiger partial charge in [0.2, 0.25) is 9.76 Å². The van der Waals surface area contributed by atoms with Crippen LogP contribution in [0, 0.1) is 17.8 Å². The molecule has 0 bridgehead atoms. The molecule has 0 heterocycles. The summed E-state index contributed by atoms with van der Waals surface area (Å²) in [5.74, 6) is 3.01. The molecule has 2 saturated carbocycles. The molecule has 2 rings (SSSR count). The Morgan fingerprint density at radius 3 is 2.15 bits per heavy atom. The molecule has 2 aliphatic rings. The molecule has 2 aliphatic carbocycles. The van der Waals surface area contributed by atoms with Crippen molar-refractivity contribution >= 4 is 15.7 Å². The van der Waals surface area contributed by atoms with E-state index in [1.54, 1.807) is 0 Å². The monoisotopic (exact) mass is 296 g/mol. The van der Waals surface area contributed by atoms with E-state index in [0.717, 1.165) is 24.2 Å². The van der Waals surface area contributed by atoms with Crippen LogP contribution in [0.25, 0.3) is 0 Å². The van der Waals surface area contributed by atoms with Crippen molar-refractivity contribution in [3.05, 3.63) is 0 Å². The lowest BCUT2D eigenvalue weighted by molar-refractivity contribution is -0.134. The smallest absolute Gasteiger partial charge is 0.292 e. The third-order valence-electron chi connectivity index (χ3n) is 5.41. The highest BCUT2D eigenvalue weighted by atomic mass is 28.2. The summed E-state index contributed by atoms with van der Waals surface area (Å²) in [5.41, 5.74) is 0. The predicted molar refractivity (Wildman–Crippen MR) is 86.4 cm³/mol. The minimum absolute atomic E-state index is 0.0532. The fraction of sp³-hybridized carbons (Fsp3) is 0.941. The maximum atomic E-state index is 11.4. The van der Waals surface area contributed by atoms with Gasteiger partial charge in [0.1, 0.15) is 0 Å². The van der Waals surface area contributed by atoms with Crippen molar-refractivity contribution in [3.8, 4) is 0 Å². The lowest BCUT2D eigenvalue weighted by Gasteiger charge is -2.29. The van der Waals surface area contributed by atoms with E-state index in [4.69, 9.17) is 4.43 Å². The molecule has 20 heavy (non-hydrogen) atoms. The van der Waals surface area contributed by atoms with Gasteiger partial charge in [0.25, 0.3) is 5.97 Å². The van der Waals surface area contributed by atoms with E-state index in [9.17, 15) is 4.79 Å². The molecule has 0 aromatic rings. The second-order valence-electron chi connectivity index (χ2n) is 6.87. The Morgan fingerprint density at radius 2 is 1.65 bits per heavy atom. The van der Waals surface area contributed by atoms with Gasteiger partial charge in [-0.05, 0) is 36.6 Å². The van der Waals surface area contributed by atoms with Crippen molar-refractivity contribution in [3.63, 3.8) is 0 Å². The first-order chi connectivity index (χ1) is 9.81. The number of hydrogen-bond donors (Lipinski definition) is 0. The van der Waals surface area contributed by atoms with Gasteiger partial charge in [-0.3, -0.25) is 4.79 Å². The van der Waals surface area contributed by atoms with Crippen LogP contribution >= 0.6 is 0 Å². The lowest BCUT2D eigenvalue weighted by atomic mass is 9.78. The van der Waals surface area contributed by atoms with Gasteiger partial charge in [0.05, 0.1) is 0 Å². The average Bonchev–Trinajstić information content (AvgIpc) is 3.12. The van der Waals surface area contributed by atoms with Gasteiger partial charge < -0.3 is 4.43 Å². The highest BCUT2D eigenvalue weighted by Gasteiger charge is 2.32. The van der Waals surface area contributed by atoms with Gasteiger partial charge in [0, 0.05) is 6.42 Å². The number of rotatable bonds is 8. The van der Waals surface area contributed by atoms with Crippen molar-refractivity contribution in [1.82, 2.24) is 0 Å². The fourth-order valence-electron chi connectivity index (χ4n) is 4.41. The minimum Gasteiger partial charge on any atom is -0.525 e. The molecule has 0 unspecified atom stereocenters. The Labute approximate surface area is 127 Å². The van der Waals surface area contributed by atoms with Gasteiger partial charge >= 0.3 is 0 Å².